The molecule has 0 rings (SSSR count). The fourth-order valence-corrected chi connectivity index (χ4v) is 0.974. The van der Waals surface area contributed by atoms with E-state index in [4.69, 9.17) is 5.73 Å². The first-order chi connectivity index (χ1) is 8.49. The molecule has 0 atom stereocenters. The minimum atomic E-state index is -0.372. The minimum absolute atomic E-state index is 0.0801. The van der Waals surface area contributed by atoms with Crippen molar-refractivity contribution in [1.82, 2.24) is 5.32 Å². The Morgan fingerprint density at radius 2 is 1.78 bits per heavy atom. The van der Waals surface area contributed by atoms with E-state index in [0.29, 0.717) is 5.57 Å². The van der Waals surface area contributed by atoms with Crippen molar-refractivity contribution < 1.29 is 9.59 Å². The summed E-state index contributed by atoms with van der Waals surface area (Å²) in [6.45, 7) is 11.8. The molecule has 0 saturated carbocycles. The number of hydrogen-bond donors (Lipinski definition) is 2. The smallest absolute Gasteiger partial charge is 0.244 e. The van der Waals surface area contributed by atoms with E-state index in [2.05, 4.69) is 32.3 Å². The van der Waals surface area contributed by atoms with Gasteiger partial charge in [0.25, 0.3) is 0 Å². The van der Waals surface area contributed by atoms with Gasteiger partial charge in [0.05, 0.1) is 0 Å². The van der Waals surface area contributed by atoms with Crippen LogP contribution in [0.25, 0.3) is 0 Å². The van der Waals surface area contributed by atoms with Crippen LogP contribution in [0.1, 0.15) is 46.0 Å². The maximum atomic E-state index is 10.5. The third-order valence-corrected chi connectivity index (χ3v) is 2.20. The molecule has 0 radical (unpaired) electrons. The highest BCUT2D eigenvalue weighted by molar-refractivity contribution is 5.91. The first-order valence-corrected chi connectivity index (χ1v) is 6.37. The van der Waals surface area contributed by atoms with Gasteiger partial charge in [0.2, 0.25) is 11.8 Å². The van der Waals surface area contributed by atoms with Gasteiger partial charge in [-0.15, -0.1) is 0 Å². The summed E-state index contributed by atoms with van der Waals surface area (Å²) in [5.74, 6) is -0.452. The lowest BCUT2D eigenvalue weighted by Gasteiger charge is -1.97. The Morgan fingerprint density at radius 3 is 2.17 bits per heavy atom. The molecule has 0 aliphatic carbocycles. The van der Waals surface area contributed by atoms with Crippen LogP contribution in [0.2, 0.25) is 0 Å². The lowest BCUT2D eigenvalue weighted by atomic mass is 10.1. The number of rotatable bonds is 8. The number of hydrogen-bond acceptors (Lipinski definition) is 2. The molecule has 0 unspecified atom stereocenters. The molecule has 18 heavy (non-hydrogen) atoms. The van der Waals surface area contributed by atoms with Gasteiger partial charge in [-0.25, -0.2) is 0 Å². The topological polar surface area (TPSA) is 72.2 Å². The predicted octanol–water partition coefficient (Wildman–Crippen LogP) is 2.31. The normalized spacial score (nSPS) is 8.78. The maximum absolute atomic E-state index is 10.5. The van der Waals surface area contributed by atoms with Crippen LogP contribution in [-0.4, -0.2) is 18.4 Å². The van der Waals surface area contributed by atoms with Crippen LogP contribution >= 0.6 is 0 Å². The number of primary amides is 1. The van der Waals surface area contributed by atoms with Gasteiger partial charge in [0.1, 0.15) is 0 Å². The van der Waals surface area contributed by atoms with Crippen molar-refractivity contribution in [3.05, 3.63) is 24.8 Å². The van der Waals surface area contributed by atoms with Crippen LogP contribution in [0.15, 0.2) is 24.8 Å². The van der Waals surface area contributed by atoms with Crippen LogP contribution in [0.3, 0.4) is 0 Å². The molecule has 3 N–H and O–H groups in total. The van der Waals surface area contributed by atoms with Crippen LogP contribution < -0.4 is 11.1 Å². The van der Waals surface area contributed by atoms with Gasteiger partial charge in [0.15, 0.2) is 0 Å². The second-order valence-electron chi connectivity index (χ2n) is 3.92. The predicted molar refractivity (Wildman–Crippen MR) is 76.0 cm³/mol. The molecule has 0 aromatic rings. The van der Waals surface area contributed by atoms with Crippen molar-refractivity contribution in [3.8, 4) is 0 Å². The van der Waals surface area contributed by atoms with E-state index in [1.54, 1.807) is 0 Å². The first-order valence-electron chi connectivity index (χ1n) is 6.37. The number of nitrogens with one attached hydrogen (secondary N) is 1. The number of unbranched alkanes of at least 4 members (excludes halogenated alkanes) is 2. The van der Waals surface area contributed by atoms with Gasteiger partial charge >= 0.3 is 0 Å². The average Bonchev–Trinajstić information content (AvgIpc) is 2.36. The number of nitrogens with two attached hydrogens (primary N) is 1. The van der Waals surface area contributed by atoms with Gasteiger partial charge < -0.3 is 11.1 Å². The standard InChI is InChI=1S/2C7H13NO/c1-3-4-5-6(2)7(8)9;1-3-5-6-8-7(9)4-2/h2-5H2,1H3,(H2,8,9);4H,2-3,5-6H2,1H3,(H,8,9). The zero-order chi connectivity index (χ0) is 14.4. The Balaban J connectivity index is 0. The van der Waals surface area contributed by atoms with Crippen LogP contribution in [0.4, 0.5) is 0 Å². The number of amides is 2. The third kappa shape index (κ3) is 14.4. The molecule has 0 fully saturated rings. The lowest BCUT2D eigenvalue weighted by Crippen LogP contribution is -2.21. The van der Waals surface area contributed by atoms with Crippen molar-refractivity contribution in [2.24, 2.45) is 5.73 Å². The van der Waals surface area contributed by atoms with E-state index in [-0.39, 0.29) is 11.8 Å². The van der Waals surface area contributed by atoms with Crippen molar-refractivity contribution in [2.45, 2.75) is 46.0 Å². The highest BCUT2D eigenvalue weighted by atomic mass is 16.1. The summed E-state index contributed by atoms with van der Waals surface area (Å²) in [6.07, 6.45) is 6.26. The molecule has 0 heterocycles. The first kappa shape index (κ1) is 18.8. The molecule has 0 bridgehead atoms. The summed E-state index contributed by atoms with van der Waals surface area (Å²) in [6, 6.07) is 0. The van der Waals surface area contributed by atoms with Gasteiger partial charge in [-0.1, -0.05) is 39.8 Å². The highest BCUT2D eigenvalue weighted by Gasteiger charge is 1.98. The van der Waals surface area contributed by atoms with Crippen molar-refractivity contribution in [3.63, 3.8) is 0 Å². The largest absolute Gasteiger partial charge is 0.366 e. The molecule has 2 amide bonds. The Hall–Kier alpha value is -1.58. The number of carbonyl (C=O) groups is 2. The van der Waals surface area contributed by atoms with Gasteiger partial charge in [-0.05, 0) is 25.3 Å². The molecule has 0 aliphatic heterocycles. The quantitative estimate of drug-likeness (QED) is 0.515. The molecule has 0 aromatic carbocycles. The molecular formula is C14H26N2O2. The molecule has 4 heteroatoms. The Kier molecular flexibility index (Phi) is 14.1. The van der Waals surface area contributed by atoms with Crippen LogP contribution in [0.5, 0.6) is 0 Å². The van der Waals surface area contributed by atoms with E-state index in [1.165, 1.54) is 6.08 Å². The molecule has 104 valence electrons. The second kappa shape index (κ2) is 13.5. The van der Waals surface area contributed by atoms with Crippen molar-refractivity contribution >= 4 is 11.8 Å². The summed E-state index contributed by atoms with van der Waals surface area (Å²) >= 11 is 0. The summed E-state index contributed by atoms with van der Waals surface area (Å²) in [5, 5.41) is 2.68. The van der Waals surface area contributed by atoms with Gasteiger partial charge in [-0.2, -0.15) is 0 Å². The van der Waals surface area contributed by atoms with E-state index >= 15 is 0 Å². The summed E-state index contributed by atoms with van der Waals surface area (Å²) in [5.41, 5.74) is 5.48. The summed E-state index contributed by atoms with van der Waals surface area (Å²) in [4.78, 5) is 20.8. The Morgan fingerprint density at radius 1 is 1.22 bits per heavy atom. The second-order valence-corrected chi connectivity index (χ2v) is 3.92. The fourth-order valence-electron chi connectivity index (χ4n) is 0.974. The summed E-state index contributed by atoms with van der Waals surface area (Å²) in [7, 11) is 0. The molecule has 0 saturated heterocycles. The zero-order valence-corrected chi connectivity index (χ0v) is 11.6. The Bertz CT molecular complexity index is 271. The molecule has 4 nitrogen and oxygen atoms in total. The molecule has 0 spiro atoms. The fraction of sp³-hybridized carbons (Fsp3) is 0.571. The van der Waals surface area contributed by atoms with E-state index < -0.39 is 0 Å². The van der Waals surface area contributed by atoms with E-state index in [0.717, 1.165) is 38.6 Å². The van der Waals surface area contributed by atoms with Crippen LogP contribution in [0, 0.1) is 0 Å². The molecule has 0 aromatic heterocycles. The van der Waals surface area contributed by atoms with E-state index in [9.17, 15) is 9.59 Å². The summed E-state index contributed by atoms with van der Waals surface area (Å²) < 4.78 is 0. The van der Waals surface area contributed by atoms with Gasteiger partial charge in [0, 0.05) is 12.1 Å². The lowest BCUT2D eigenvalue weighted by molar-refractivity contribution is -0.116. The Labute approximate surface area is 110 Å². The number of carbonyl (C=O) groups excluding carboxylic acids is 2. The van der Waals surface area contributed by atoms with E-state index in [1.807, 2.05) is 0 Å². The molecule has 0 aliphatic rings. The minimum Gasteiger partial charge on any atom is -0.366 e. The SMILES string of the molecule is C=C(CCCC)C(N)=O.C=CC(=O)NCCCC. The van der Waals surface area contributed by atoms with Gasteiger partial charge in [-0.3, -0.25) is 9.59 Å². The third-order valence-electron chi connectivity index (χ3n) is 2.20. The zero-order valence-electron chi connectivity index (χ0n) is 11.6. The van der Waals surface area contributed by atoms with Crippen molar-refractivity contribution in [1.29, 1.82) is 0 Å². The monoisotopic (exact) mass is 254 g/mol. The van der Waals surface area contributed by atoms with Crippen molar-refractivity contribution in [2.75, 3.05) is 6.54 Å². The highest BCUT2D eigenvalue weighted by Crippen LogP contribution is 2.02. The van der Waals surface area contributed by atoms with Crippen LogP contribution in [-0.2, 0) is 9.59 Å². The average molecular weight is 254 g/mol. The molecular weight excluding hydrogens is 228 g/mol. The maximum Gasteiger partial charge on any atom is 0.244 e.